The van der Waals surface area contributed by atoms with Gasteiger partial charge < -0.3 is 4.74 Å². The van der Waals surface area contributed by atoms with Crippen molar-refractivity contribution in [2.75, 3.05) is 6.61 Å². The van der Waals surface area contributed by atoms with Gasteiger partial charge in [-0.05, 0) is 24.5 Å². The molecule has 0 bridgehead atoms. The third-order valence-electron chi connectivity index (χ3n) is 2.49. The molecule has 0 aliphatic carbocycles. The molecule has 90 valence electrons. The van der Waals surface area contributed by atoms with Gasteiger partial charge in [0, 0.05) is 5.88 Å². The first-order valence-corrected chi connectivity index (χ1v) is 6.00. The van der Waals surface area contributed by atoms with Crippen LogP contribution in [0.5, 0.6) is 0 Å². The second-order valence-electron chi connectivity index (χ2n) is 3.45. The Morgan fingerprint density at radius 1 is 1.41 bits per heavy atom. The van der Waals surface area contributed by atoms with Crippen molar-refractivity contribution in [3.63, 3.8) is 0 Å². The predicted molar refractivity (Wildman–Crippen MR) is 66.0 cm³/mol. The summed E-state index contributed by atoms with van der Waals surface area (Å²) < 4.78 is 4.96. The third-order valence-corrected chi connectivity index (χ3v) is 2.78. The van der Waals surface area contributed by atoms with Crippen LogP contribution >= 0.6 is 11.6 Å². The molecular weight excluding hydrogens is 238 g/mol. The van der Waals surface area contributed by atoms with Gasteiger partial charge in [-0.3, -0.25) is 0 Å². The van der Waals surface area contributed by atoms with Gasteiger partial charge in [0.15, 0.2) is 0 Å². The number of halogens is 1. The van der Waals surface area contributed by atoms with E-state index in [4.69, 9.17) is 21.6 Å². The van der Waals surface area contributed by atoms with Gasteiger partial charge in [0.2, 0.25) is 0 Å². The van der Waals surface area contributed by atoms with E-state index in [-0.39, 0.29) is 12.5 Å². The summed E-state index contributed by atoms with van der Waals surface area (Å²) in [5.74, 6) is -0.290. The summed E-state index contributed by atoms with van der Waals surface area (Å²) in [5.41, 5.74) is 2.16. The molecule has 1 rings (SSSR count). The number of carbonyl (C=O) groups is 1. The molecule has 17 heavy (non-hydrogen) atoms. The van der Waals surface area contributed by atoms with Crippen LogP contribution in [0.3, 0.4) is 0 Å². The van der Waals surface area contributed by atoms with E-state index < -0.39 is 5.97 Å². The Kier molecular flexibility index (Phi) is 4.99. The maximum absolute atomic E-state index is 11.8. The van der Waals surface area contributed by atoms with Crippen molar-refractivity contribution < 1.29 is 9.53 Å². The summed E-state index contributed by atoms with van der Waals surface area (Å²) >= 11 is 5.78. The van der Waals surface area contributed by atoms with Crippen LogP contribution in [0, 0.1) is 11.3 Å². The average Bonchev–Trinajstić information content (AvgIpc) is 2.36. The second-order valence-corrected chi connectivity index (χ2v) is 3.72. The van der Waals surface area contributed by atoms with E-state index in [2.05, 4.69) is 6.07 Å². The minimum Gasteiger partial charge on any atom is -0.462 e. The lowest BCUT2D eigenvalue weighted by molar-refractivity contribution is 0.0525. The number of nitriles is 1. The highest BCUT2D eigenvalue weighted by Gasteiger charge is 2.19. The van der Waals surface area contributed by atoms with E-state index in [0.29, 0.717) is 23.1 Å². The van der Waals surface area contributed by atoms with Gasteiger partial charge in [-0.25, -0.2) is 4.79 Å². The van der Waals surface area contributed by atoms with Crippen LogP contribution in [0.15, 0.2) is 12.1 Å². The van der Waals surface area contributed by atoms with Crippen molar-refractivity contribution in [1.29, 1.82) is 5.26 Å². The lowest BCUT2D eigenvalue weighted by Gasteiger charge is -2.11. The van der Waals surface area contributed by atoms with E-state index >= 15 is 0 Å². The Labute approximate surface area is 106 Å². The molecule has 0 aromatic heterocycles. The molecule has 1 aromatic carbocycles. The number of alkyl halides is 1. The number of hydrogen-bond donors (Lipinski definition) is 0. The van der Waals surface area contributed by atoms with Gasteiger partial charge in [0.05, 0.1) is 17.7 Å². The Balaban J connectivity index is 3.41. The van der Waals surface area contributed by atoms with Gasteiger partial charge in [0.1, 0.15) is 6.07 Å². The van der Waals surface area contributed by atoms with Crippen LogP contribution < -0.4 is 0 Å². The molecule has 0 saturated carbocycles. The number of carbonyl (C=O) groups excluding carboxylic acids is 1. The normalized spacial score (nSPS) is 9.76. The SMILES string of the molecule is CCOC(=O)c1c(CCl)ccc(CC)c1C#N. The number of nitrogens with zero attached hydrogens (tertiary/aromatic N) is 1. The second kappa shape index (κ2) is 6.27. The Bertz CT molecular complexity index is 463. The minimum absolute atomic E-state index is 0.187. The summed E-state index contributed by atoms with van der Waals surface area (Å²) in [6.07, 6.45) is 0.692. The van der Waals surface area contributed by atoms with Crippen LogP contribution in [0.1, 0.15) is 40.9 Å². The van der Waals surface area contributed by atoms with E-state index in [0.717, 1.165) is 5.56 Å². The predicted octanol–water partition coefficient (Wildman–Crippen LogP) is 3.04. The number of benzene rings is 1. The van der Waals surface area contributed by atoms with Crippen molar-refractivity contribution in [2.45, 2.75) is 26.1 Å². The molecule has 4 heteroatoms. The van der Waals surface area contributed by atoms with E-state index in [1.54, 1.807) is 13.0 Å². The van der Waals surface area contributed by atoms with Crippen LogP contribution in [-0.4, -0.2) is 12.6 Å². The summed E-state index contributed by atoms with van der Waals surface area (Å²) in [5, 5.41) is 9.17. The van der Waals surface area contributed by atoms with E-state index in [1.807, 2.05) is 13.0 Å². The van der Waals surface area contributed by atoms with Gasteiger partial charge in [-0.15, -0.1) is 11.6 Å². The molecule has 0 unspecified atom stereocenters. The smallest absolute Gasteiger partial charge is 0.339 e. The Morgan fingerprint density at radius 2 is 2.06 bits per heavy atom. The highest BCUT2D eigenvalue weighted by molar-refractivity contribution is 6.17. The fourth-order valence-corrected chi connectivity index (χ4v) is 1.88. The summed E-state index contributed by atoms with van der Waals surface area (Å²) in [4.78, 5) is 11.8. The van der Waals surface area contributed by atoms with Gasteiger partial charge >= 0.3 is 5.97 Å². The quantitative estimate of drug-likeness (QED) is 0.610. The summed E-state index contributed by atoms with van der Waals surface area (Å²) in [7, 11) is 0. The van der Waals surface area contributed by atoms with E-state index in [1.165, 1.54) is 0 Å². The zero-order valence-corrected chi connectivity index (χ0v) is 10.7. The van der Waals surface area contributed by atoms with Crippen LogP contribution in [-0.2, 0) is 17.0 Å². The molecule has 0 radical (unpaired) electrons. The highest BCUT2D eigenvalue weighted by atomic mass is 35.5. The zero-order chi connectivity index (χ0) is 12.8. The monoisotopic (exact) mass is 251 g/mol. The highest BCUT2D eigenvalue weighted by Crippen LogP contribution is 2.22. The van der Waals surface area contributed by atoms with Gasteiger partial charge in [-0.2, -0.15) is 5.26 Å². The van der Waals surface area contributed by atoms with Crippen molar-refractivity contribution in [3.8, 4) is 6.07 Å². The third kappa shape index (κ3) is 2.78. The number of esters is 1. The molecule has 0 amide bonds. The summed E-state index contributed by atoms with van der Waals surface area (Å²) in [6, 6.07) is 5.68. The number of aryl methyl sites for hydroxylation is 1. The number of rotatable bonds is 4. The van der Waals surface area contributed by atoms with Crippen molar-refractivity contribution in [1.82, 2.24) is 0 Å². The fraction of sp³-hybridized carbons (Fsp3) is 0.385. The largest absolute Gasteiger partial charge is 0.462 e. The van der Waals surface area contributed by atoms with Gasteiger partial charge in [-0.1, -0.05) is 19.1 Å². The minimum atomic E-state index is -0.477. The topological polar surface area (TPSA) is 50.1 Å². The average molecular weight is 252 g/mol. The first-order valence-electron chi connectivity index (χ1n) is 5.47. The maximum atomic E-state index is 11.8. The molecule has 1 aromatic rings. The maximum Gasteiger partial charge on any atom is 0.339 e. The lowest BCUT2D eigenvalue weighted by Crippen LogP contribution is -2.11. The molecular formula is C13H14ClNO2. The van der Waals surface area contributed by atoms with Crippen LogP contribution in [0.4, 0.5) is 0 Å². The lowest BCUT2D eigenvalue weighted by atomic mass is 9.96. The molecule has 3 nitrogen and oxygen atoms in total. The van der Waals surface area contributed by atoms with Crippen LogP contribution in [0.2, 0.25) is 0 Å². The zero-order valence-electron chi connectivity index (χ0n) is 9.92. The number of hydrogen-bond acceptors (Lipinski definition) is 3. The first kappa shape index (κ1) is 13.5. The summed E-state index contributed by atoms with van der Waals surface area (Å²) in [6.45, 7) is 3.95. The first-order chi connectivity index (χ1) is 8.19. The molecule has 0 aliphatic heterocycles. The number of ether oxygens (including phenoxy) is 1. The molecule has 0 spiro atoms. The molecule has 0 fully saturated rings. The van der Waals surface area contributed by atoms with E-state index in [9.17, 15) is 4.79 Å². The fourth-order valence-electron chi connectivity index (χ4n) is 1.66. The molecule has 0 atom stereocenters. The molecule has 0 N–H and O–H groups in total. The van der Waals surface area contributed by atoms with Gasteiger partial charge in [0.25, 0.3) is 0 Å². The van der Waals surface area contributed by atoms with Crippen molar-refractivity contribution >= 4 is 17.6 Å². The molecule has 0 aliphatic rings. The Morgan fingerprint density at radius 3 is 2.53 bits per heavy atom. The van der Waals surface area contributed by atoms with Crippen molar-refractivity contribution in [3.05, 3.63) is 34.4 Å². The molecule has 0 heterocycles. The van der Waals surface area contributed by atoms with Crippen LogP contribution in [0.25, 0.3) is 0 Å². The Hall–Kier alpha value is -1.53. The molecule has 0 saturated heterocycles. The standard InChI is InChI=1S/C13H14ClNO2/c1-3-9-5-6-10(7-14)12(11(9)8-15)13(16)17-4-2/h5-6H,3-4,7H2,1-2H3. The van der Waals surface area contributed by atoms with Crippen molar-refractivity contribution in [2.24, 2.45) is 0 Å².